The molecule has 2 bridgehead atoms. The molecule has 0 saturated heterocycles. The molecule has 2 unspecified atom stereocenters. The molecule has 0 spiro atoms. The van der Waals surface area contributed by atoms with Gasteiger partial charge >= 0.3 is 5.97 Å². The topological polar surface area (TPSA) is 180 Å². The van der Waals surface area contributed by atoms with Crippen molar-refractivity contribution in [3.63, 3.8) is 0 Å². The number of esters is 1. The van der Waals surface area contributed by atoms with Crippen LogP contribution in [0.1, 0.15) is 58.8 Å². The van der Waals surface area contributed by atoms with Gasteiger partial charge in [-0.3, -0.25) is 19.2 Å². The van der Waals surface area contributed by atoms with Gasteiger partial charge in [-0.25, -0.2) is 4.79 Å². The maximum absolute atomic E-state index is 13.2. The number of nitrogens with one attached hydrogen (secondary N) is 4. The number of carbonyl (C=O) groups is 4. The van der Waals surface area contributed by atoms with Crippen molar-refractivity contribution in [2.75, 3.05) is 12.4 Å². The molecule has 12 nitrogen and oxygen atoms in total. The van der Waals surface area contributed by atoms with Gasteiger partial charge in [0.15, 0.2) is 0 Å². The van der Waals surface area contributed by atoms with E-state index in [2.05, 4.69) is 20.7 Å². The molecule has 5 N–H and O–H groups in total. The summed E-state index contributed by atoms with van der Waals surface area (Å²) in [6, 6.07) is 1.89. The zero-order valence-corrected chi connectivity index (χ0v) is 23.7. The van der Waals surface area contributed by atoms with Crippen molar-refractivity contribution in [3.8, 4) is 0 Å². The highest BCUT2D eigenvalue weighted by Crippen LogP contribution is 2.42. The van der Waals surface area contributed by atoms with Gasteiger partial charge in [0.25, 0.3) is 11.5 Å². The highest BCUT2D eigenvalue weighted by Gasteiger charge is 2.39. The van der Waals surface area contributed by atoms with E-state index in [4.69, 9.17) is 5.41 Å². The van der Waals surface area contributed by atoms with Gasteiger partial charge in [-0.2, -0.15) is 0 Å². The number of pyridine rings is 1. The van der Waals surface area contributed by atoms with E-state index >= 15 is 0 Å². The number of hydrogen-bond donors (Lipinski definition) is 5. The van der Waals surface area contributed by atoms with Gasteiger partial charge in [0.1, 0.15) is 24.0 Å². The number of nitrogens with zero attached hydrogens (tertiary/aromatic N) is 1. The van der Waals surface area contributed by atoms with Crippen LogP contribution in [0.3, 0.4) is 0 Å². The van der Waals surface area contributed by atoms with E-state index in [0.717, 1.165) is 25.7 Å². The minimum absolute atomic E-state index is 0.0347. The fraction of sp³-hybridized carbons (Fsp3) is 0.517. The van der Waals surface area contributed by atoms with Crippen molar-refractivity contribution in [2.45, 2.75) is 77.4 Å². The number of aromatic nitrogens is 1. The Morgan fingerprint density at radius 3 is 2.46 bits per heavy atom. The first-order valence-electron chi connectivity index (χ1n) is 13.8. The SMILES string of the molecule is COC(=O)/C=C/CC[C@H](NC(=O)/C(C(C)=N)=C(\C)O)C(=O)Nc1cccn(CC(=O)NC2C3CCCC2CC3)c1=O. The van der Waals surface area contributed by atoms with Crippen LogP contribution in [0.4, 0.5) is 5.69 Å². The van der Waals surface area contributed by atoms with E-state index < -0.39 is 29.4 Å². The molecule has 0 aromatic carbocycles. The summed E-state index contributed by atoms with van der Waals surface area (Å²) in [6.45, 7) is 2.38. The predicted octanol–water partition coefficient (Wildman–Crippen LogP) is 2.35. The van der Waals surface area contributed by atoms with Gasteiger partial charge < -0.3 is 35.8 Å². The van der Waals surface area contributed by atoms with Crippen LogP contribution in [-0.4, -0.2) is 58.3 Å². The number of aliphatic hydroxyl groups excluding tert-OH is 1. The van der Waals surface area contributed by atoms with Gasteiger partial charge in [0.2, 0.25) is 11.8 Å². The van der Waals surface area contributed by atoms with Gasteiger partial charge in [-0.15, -0.1) is 0 Å². The Kier molecular flexibility index (Phi) is 11.0. The van der Waals surface area contributed by atoms with Crippen LogP contribution < -0.4 is 21.5 Å². The van der Waals surface area contributed by atoms with Crippen LogP contribution in [0.15, 0.2) is 46.6 Å². The molecule has 1 heterocycles. The largest absolute Gasteiger partial charge is 0.512 e. The lowest BCUT2D eigenvalue weighted by Gasteiger charge is -2.30. The number of carbonyl (C=O) groups excluding carboxylic acids is 4. The third kappa shape index (κ3) is 8.38. The number of anilines is 1. The van der Waals surface area contributed by atoms with E-state index in [1.807, 2.05) is 0 Å². The average molecular weight is 570 g/mol. The zero-order chi connectivity index (χ0) is 30.1. The minimum Gasteiger partial charge on any atom is -0.512 e. The van der Waals surface area contributed by atoms with Crippen molar-refractivity contribution in [1.29, 1.82) is 5.41 Å². The molecule has 222 valence electrons. The second-order valence-corrected chi connectivity index (χ2v) is 10.6. The summed E-state index contributed by atoms with van der Waals surface area (Å²) in [5, 5.41) is 25.8. The molecular weight excluding hydrogens is 530 g/mol. The lowest BCUT2D eigenvalue weighted by molar-refractivity contribution is -0.134. The highest BCUT2D eigenvalue weighted by molar-refractivity contribution is 6.20. The number of methoxy groups -OCH3 is 1. The molecule has 3 amide bonds. The molecule has 3 rings (SSSR count). The van der Waals surface area contributed by atoms with Crippen LogP contribution in [-0.2, 0) is 30.5 Å². The van der Waals surface area contributed by atoms with Crippen molar-refractivity contribution in [1.82, 2.24) is 15.2 Å². The van der Waals surface area contributed by atoms with Gasteiger partial charge in [0, 0.05) is 24.0 Å². The Hall–Kier alpha value is -4.22. The van der Waals surface area contributed by atoms with Crippen LogP contribution in [0.5, 0.6) is 0 Å². The maximum atomic E-state index is 13.2. The standard InChI is InChI=1S/C29H39N5O7/c1-17(30)25(18(2)35)28(39)31-21(10-4-5-12-24(37)41-3)27(38)32-22-11-7-15-34(29(22)40)16-23(36)33-26-19-8-6-9-20(26)14-13-19/h5,7,11-12,15,19-21,26,30,35H,4,6,8-10,13-14,16H2,1-3H3,(H,31,39)(H,32,38)(H,33,36)/b12-5+,25-18+,30-17?/t19?,20?,21-,26?/m0/s1. The Morgan fingerprint density at radius 2 is 1.85 bits per heavy atom. The summed E-state index contributed by atoms with van der Waals surface area (Å²) < 4.78 is 5.76. The zero-order valence-electron chi connectivity index (χ0n) is 23.7. The summed E-state index contributed by atoms with van der Waals surface area (Å²) in [6.07, 6.45) is 9.97. The molecule has 0 radical (unpaired) electrons. The Labute approximate surface area is 238 Å². The highest BCUT2D eigenvalue weighted by atomic mass is 16.5. The third-order valence-electron chi connectivity index (χ3n) is 7.66. The van der Waals surface area contributed by atoms with Crippen LogP contribution in [0.2, 0.25) is 0 Å². The predicted molar refractivity (Wildman–Crippen MR) is 152 cm³/mol. The molecule has 3 atom stereocenters. The van der Waals surface area contributed by atoms with Crippen molar-refractivity contribution in [2.24, 2.45) is 11.8 Å². The number of rotatable bonds is 12. The van der Waals surface area contributed by atoms with E-state index in [9.17, 15) is 29.1 Å². The normalized spacial score (nSPS) is 21.0. The smallest absolute Gasteiger partial charge is 0.330 e. The number of hydrogen-bond acceptors (Lipinski definition) is 8. The van der Waals surface area contributed by atoms with Crippen molar-refractivity contribution < 1.29 is 29.0 Å². The molecule has 1 aromatic heterocycles. The van der Waals surface area contributed by atoms with E-state index in [1.165, 1.54) is 62.4 Å². The van der Waals surface area contributed by atoms with E-state index in [1.54, 1.807) is 0 Å². The Bertz CT molecular complexity index is 1280. The molecule has 2 aliphatic carbocycles. The van der Waals surface area contributed by atoms with Crippen LogP contribution in [0, 0.1) is 17.2 Å². The quantitative estimate of drug-likeness (QED) is 0.111. The summed E-state index contributed by atoms with van der Waals surface area (Å²) >= 11 is 0. The van der Waals surface area contributed by atoms with Crippen LogP contribution in [0.25, 0.3) is 0 Å². The maximum Gasteiger partial charge on any atom is 0.330 e. The number of allylic oxidation sites excluding steroid dienone is 2. The summed E-state index contributed by atoms with van der Waals surface area (Å²) in [4.78, 5) is 63.3. The molecule has 1 aromatic rings. The second-order valence-electron chi connectivity index (χ2n) is 10.6. The molecular formula is C29H39N5O7. The molecule has 12 heteroatoms. The Morgan fingerprint density at radius 1 is 1.17 bits per heavy atom. The molecule has 2 saturated carbocycles. The molecule has 2 aliphatic rings. The average Bonchev–Trinajstić information content (AvgIpc) is 3.11. The molecule has 0 aliphatic heterocycles. The number of ether oxygens (including phenoxy) is 1. The second kappa shape index (κ2) is 14.4. The van der Waals surface area contributed by atoms with Crippen molar-refractivity contribution in [3.05, 3.63) is 52.2 Å². The van der Waals surface area contributed by atoms with Crippen molar-refractivity contribution >= 4 is 35.1 Å². The van der Waals surface area contributed by atoms with Crippen LogP contribution >= 0.6 is 0 Å². The van der Waals surface area contributed by atoms with E-state index in [0.29, 0.717) is 11.8 Å². The first-order valence-corrected chi connectivity index (χ1v) is 13.8. The first-order chi connectivity index (χ1) is 19.5. The lowest BCUT2D eigenvalue weighted by atomic mass is 9.84. The van der Waals surface area contributed by atoms with Gasteiger partial charge in [-0.1, -0.05) is 12.5 Å². The molecule has 41 heavy (non-hydrogen) atoms. The monoisotopic (exact) mass is 569 g/mol. The van der Waals surface area contributed by atoms with Gasteiger partial charge in [-0.05, 0) is 76.3 Å². The molecule has 2 fully saturated rings. The van der Waals surface area contributed by atoms with Gasteiger partial charge in [0.05, 0.1) is 12.7 Å². The van der Waals surface area contributed by atoms with E-state index in [-0.39, 0.29) is 54.1 Å². The summed E-state index contributed by atoms with van der Waals surface area (Å²) in [5.41, 5.74) is -1.14. The third-order valence-corrected chi connectivity index (χ3v) is 7.66. The first kappa shape index (κ1) is 31.3. The lowest BCUT2D eigenvalue weighted by Crippen LogP contribution is -2.46. The Balaban J connectivity index is 1.72. The number of aliphatic hydroxyl groups is 1. The fourth-order valence-electron chi connectivity index (χ4n) is 5.68. The number of amides is 3. The summed E-state index contributed by atoms with van der Waals surface area (Å²) in [7, 11) is 1.23. The summed E-state index contributed by atoms with van der Waals surface area (Å²) in [5.74, 6) is -1.82. The minimum atomic E-state index is -1.18. The fourth-order valence-corrected chi connectivity index (χ4v) is 5.68. The number of fused-ring (bicyclic) bond motifs is 2.